The van der Waals surface area contributed by atoms with Crippen LogP contribution in [0.5, 0.6) is 11.5 Å². The summed E-state index contributed by atoms with van der Waals surface area (Å²) in [5.41, 5.74) is 7.42. The summed E-state index contributed by atoms with van der Waals surface area (Å²) in [5, 5.41) is 2.25. The van der Waals surface area contributed by atoms with Crippen molar-refractivity contribution in [2.75, 3.05) is 0 Å². The Morgan fingerprint density at radius 2 is 1.49 bits per heavy atom. The van der Waals surface area contributed by atoms with Crippen LogP contribution in [0, 0.1) is 25.4 Å². The van der Waals surface area contributed by atoms with Crippen molar-refractivity contribution in [3.63, 3.8) is 0 Å². The van der Waals surface area contributed by atoms with Crippen LogP contribution in [0.2, 0.25) is 0 Å². The number of imidazole rings is 1. The Labute approximate surface area is 291 Å². The first kappa shape index (κ1) is 32.5. The molecule has 0 saturated heterocycles. The fourth-order valence-corrected chi connectivity index (χ4v) is 5.95. The second kappa shape index (κ2) is 12.3. The average Bonchev–Trinajstić information content (AvgIpc) is 3.61. The van der Waals surface area contributed by atoms with Crippen molar-refractivity contribution in [3.05, 3.63) is 139 Å². The Bertz CT molecular complexity index is 2230. The van der Waals surface area contributed by atoms with Gasteiger partial charge >= 0.3 is 0 Å². The number of para-hydroxylation sites is 2. The van der Waals surface area contributed by atoms with Gasteiger partial charge in [0.15, 0.2) is 0 Å². The minimum atomic E-state index is -0.0950. The first-order chi connectivity index (χ1) is 22.0. The van der Waals surface area contributed by atoms with Crippen LogP contribution in [0.4, 0.5) is 0 Å². The molecule has 0 fully saturated rings. The van der Waals surface area contributed by atoms with Crippen LogP contribution in [0.15, 0.2) is 103 Å². The van der Waals surface area contributed by atoms with Crippen LogP contribution in [0.25, 0.3) is 39.0 Å². The molecule has 0 aliphatic heterocycles. The quantitative estimate of drug-likeness (QED) is 0.129. The molecule has 0 atom stereocenters. The Morgan fingerprint density at radius 1 is 0.745 bits per heavy atom. The molecule has 4 aromatic carbocycles. The van der Waals surface area contributed by atoms with Crippen LogP contribution in [-0.2, 0) is 31.9 Å². The zero-order chi connectivity index (χ0) is 32.2. The van der Waals surface area contributed by atoms with Crippen molar-refractivity contribution in [2.24, 2.45) is 0 Å². The predicted octanol–water partition coefficient (Wildman–Crippen LogP) is 9.34. The fraction of sp³-hybridized carbons (Fsp3) is 0.220. The van der Waals surface area contributed by atoms with E-state index < -0.39 is 0 Å². The number of rotatable bonds is 5. The summed E-state index contributed by atoms with van der Waals surface area (Å²) in [4.78, 5) is 4.80. The van der Waals surface area contributed by atoms with Crippen LogP contribution >= 0.6 is 0 Å². The minimum Gasteiger partial charge on any atom is -0.510 e. The molecule has 0 aliphatic carbocycles. The van der Waals surface area contributed by atoms with Gasteiger partial charge < -0.3 is 13.9 Å². The summed E-state index contributed by atoms with van der Waals surface area (Å²) in [6, 6.07) is 38.1. The number of hydrogen-bond donors (Lipinski definition) is 0. The first-order valence-electron chi connectivity index (χ1n) is 15.7. The molecule has 7 rings (SSSR count). The summed E-state index contributed by atoms with van der Waals surface area (Å²) < 4.78 is 12.8. The average molecular weight is 798 g/mol. The summed E-state index contributed by atoms with van der Waals surface area (Å²) in [6.07, 6.45) is 7.59. The van der Waals surface area contributed by atoms with Crippen molar-refractivity contribution in [3.8, 4) is 28.7 Å². The van der Waals surface area contributed by atoms with Gasteiger partial charge in [0.25, 0.3) is 6.33 Å². The van der Waals surface area contributed by atoms with E-state index in [1.807, 2.05) is 35.0 Å². The molecule has 0 N–H and O–H groups in total. The van der Waals surface area contributed by atoms with Gasteiger partial charge in [0, 0.05) is 50.5 Å². The second-order valence-corrected chi connectivity index (χ2v) is 13.9. The van der Waals surface area contributed by atoms with Crippen molar-refractivity contribution in [1.82, 2.24) is 14.1 Å². The molecule has 0 bridgehead atoms. The van der Waals surface area contributed by atoms with Gasteiger partial charge in [-0.25, -0.2) is 4.98 Å². The first-order valence-corrected chi connectivity index (χ1v) is 15.7. The van der Waals surface area contributed by atoms with Crippen LogP contribution in [-0.4, -0.2) is 14.1 Å². The second-order valence-electron chi connectivity index (χ2n) is 13.9. The van der Waals surface area contributed by atoms with Gasteiger partial charge in [-0.05, 0) is 64.2 Å². The van der Waals surface area contributed by atoms with E-state index >= 15 is 0 Å². The van der Waals surface area contributed by atoms with Gasteiger partial charge in [0.1, 0.15) is 5.82 Å². The van der Waals surface area contributed by atoms with Crippen LogP contribution in [0.1, 0.15) is 58.4 Å². The van der Waals surface area contributed by atoms with E-state index in [0.29, 0.717) is 11.5 Å². The Balaban J connectivity index is 0.00000386. The van der Waals surface area contributed by atoms with E-state index in [-0.39, 0.29) is 31.9 Å². The summed E-state index contributed by atoms with van der Waals surface area (Å²) >= 11 is 0. The minimum absolute atomic E-state index is 0. The number of fused-ring (bicyclic) bond motifs is 3. The van der Waals surface area contributed by atoms with Crippen molar-refractivity contribution in [1.29, 1.82) is 0 Å². The number of benzene rings is 4. The molecule has 240 valence electrons. The maximum Gasteiger partial charge on any atom is 0.267 e. The van der Waals surface area contributed by atoms with E-state index in [9.17, 15) is 0 Å². The van der Waals surface area contributed by atoms with E-state index in [4.69, 9.17) is 9.72 Å². The van der Waals surface area contributed by atoms with E-state index in [1.165, 1.54) is 11.1 Å². The Morgan fingerprint density at radius 3 is 2.26 bits per heavy atom. The van der Waals surface area contributed by atoms with Gasteiger partial charge in [-0.3, -0.25) is 4.57 Å². The standard InChI is InChI=1S/C41H38N4O.Pt/c1-28-13-8-10-17-35(28)44-27-43(26-38(44)41(5,6)7)30-14-12-15-31(24-30)46-32-19-20-34-33-16-9-11-18-36(33)45(37(34)25-32)39-23-29(21-22-42-39)40(2,3)4;/h8-23,26H,1-7H3;/q-2;. The van der Waals surface area contributed by atoms with E-state index in [1.54, 1.807) is 0 Å². The molecule has 6 heteroatoms. The molecule has 0 amide bonds. The molecular formula is C41H38N4OPt-2. The van der Waals surface area contributed by atoms with Crippen molar-refractivity contribution >= 4 is 21.8 Å². The fourth-order valence-electron chi connectivity index (χ4n) is 5.95. The molecule has 3 heterocycles. The monoisotopic (exact) mass is 797 g/mol. The van der Waals surface area contributed by atoms with Crippen LogP contribution in [0.3, 0.4) is 0 Å². The molecule has 7 aromatic rings. The SMILES string of the molecule is Cc1ccccc1-[n+]1[c-]n(-c2[c-]c(Oc3[c-]c4c(cc3)c3ccccc3n4-c3cc(C(C)(C)C)ccn3)ccc2)cc1C(C)(C)C.[Pt]. The topological polar surface area (TPSA) is 35.9 Å². The van der Waals surface area contributed by atoms with E-state index in [0.717, 1.165) is 44.7 Å². The molecule has 0 spiro atoms. The number of aryl methyl sites for hydroxylation is 1. The Kier molecular flexibility index (Phi) is 8.48. The normalized spacial score (nSPS) is 12.0. The number of nitrogens with zero attached hydrogens (tertiary/aromatic N) is 4. The molecular weight excluding hydrogens is 760 g/mol. The van der Waals surface area contributed by atoms with Gasteiger partial charge in [0.2, 0.25) is 0 Å². The maximum atomic E-state index is 6.44. The van der Waals surface area contributed by atoms with Crippen LogP contribution < -0.4 is 9.30 Å². The van der Waals surface area contributed by atoms with Gasteiger partial charge in [0.05, 0.1) is 11.4 Å². The van der Waals surface area contributed by atoms with E-state index in [2.05, 4.69) is 149 Å². The predicted molar refractivity (Wildman–Crippen MR) is 185 cm³/mol. The molecule has 3 aromatic heterocycles. The number of ether oxygens (including phenoxy) is 1. The third-order valence-electron chi connectivity index (χ3n) is 8.45. The smallest absolute Gasteiger partial charge is 0.267 e. The summed E-state index contributed by atoms with van der Waals surface area (Å²) in [6.45, 7) is 15.5. The Hall–Kier alpha value is -4.47. The molecule has 5 nitrogen and oxygen atoms in total. The summed E-state index contributed by atoms with van der Waals surface area (Å²) in [5.74, 6) is 2.07. The molecule has 0 saturated carbocycles. The molecule has 0 unspecified atom stereocenters. The molecule has 0 radical (unpaired) electrons. The zero-order valence-corrected chi connectivity index (χ0v) is 30.1. The third-order valence-corrected chi connectivity index (χ3v) is 8.45. The maximum absolute atomic E-state index is 6.44. The summed E-state index contributed by atoms with van der Waals surface area (Å²) in [7, 11) is 0. The number of pyridine rings is 1. The van der Waals surface area contributed by atoms with Crippen molar-refractivity contribution < 1.29 is 30.4 Å². The van der Waals surface area contributed by atoms with Gasteiger partial charge in [-0.1, -0.05) is 83.5 Å². The third kappa shape index (κ3) is 6.17. The zero-order valence-electron chi connectivity index (χ0n) is 27.8. The molecule has 47 heavy (non-hydrogen) atoms. The largest absolute Gasteiger partial charge is 0.510 e. The van der Waals surface area contributed by atoms with Crippen molar-refractivity contribution in [2.45, 2.75) is 59.3 Å². The van der Waals surface area contributed by atoms with Gasteiger partial charge in [-0.15, -0.1) is 29.7 Å². The van der Waals surface area contributed by atoms with Gasteiger partial charge in [-0.2, -0.15) is 18.2 Å². The number of hydrogen-bond acceptors (Lipinski definition) is 2. The number of aromatic nitrogens is 4. The molecule has 0 aliphatic rings.